The van der Waals surface area contributed by atoms with Crippen LogP contribution >= 0.6 is 23.2 Å². The van der Waals surface area contributed by atoms with Crippen molar-refractivity contribution in [2.24, 2.45) is 0 Å². The molecule has 5 nitrogen and oxygen atoms in total. The standard InChI is InChI=1S/C19H16Cl2N2O3/c20-13-6-14(21)8-15(7-13)23-17(25)19(9-12-4-2-1-3-5-12)10-16(24)11-22(19)18(23)26/h1-8,16,24H,9-11H2/t16-,19-/m1/s1. The predicted octanol–water partition coefficient (Wildman–Crippen LogP) is 3.51. The Morgan fingerprint density at radius 1 is 1.08 bits per heavy atom. The maximum atomic E-state index is 13.4. The van der Waals surface area contributed by atoms with Crippen LogP contribution in [0.4, 0.5) is 10.5 Å². The molecule has 2 aliphatic rings. The van der Waals surface area contributed by atoms with Crippen molar-refractivity contribution in [3.63, 3.8) is 0 Å². The molecule has 0 unspecified atom stereocenters. The molecule has 0 spiro atoms. The largest absolute Gasteiger partial charge is 0.391 e. The zero-order chi connectivity index (χ0) is 18.5. The lowest BCUT2D eigenvalue weighted by Crippen LogP contribution is -2.47. The van der Waals surface area contributed by atoms with Gasteiger partial charge in [-0.3, -0.25) is 4.79 Å². The van der Waals surface area contributed by atoms with E-state index in [1.54, 1.807) is 6.07 Å². The molecule has 0 saturated carbocycles. The first-order valence-corrected chi connectivity index (χ1v) is 9.00. The quantitative estimate of drug-likeness (QED) is 0.815. The van der Waals surface area contributed by atoms with Gasteiger partial charge in [0, 0.05) is 29.4 Å². The lowest BCUT2D eigenvalue weighted by Gasteiger charge is -2.28. The predicted molar refractivity (Wildman–Crippen MR) is 99.6 cm³/mol. The monoisotopic (exact) mass is 390 g/mol. The van der Waals surface area contributed by atoms with E-state index in [2.05, 4.69) is 0 Å². The van der Waals surface area contributed by atoms with Crippen LogP contribution in [-0.4, -0.2) is 40.1 Å². The Morgan fingerprint density at radius 2 is 1.73 bits per heavy atom. The second-order valence-corrected chi connectivity index (χ2v) is 7.59. The summed E-state index contributed by atoms with van der Waals surface area (Å²) >= 11 is 12.1. The molecule has 0 aliphatic carbocycles. The van der Waals surface area contributed by atoms with Gasteiger partial charge in [0.2, 0.25) is 0 Å². The van der Waals surface area contributed by atoms with E-state index in [-0.39, 0.29) is 18.9 Å². The van der Waals surface area contributed by atoms with Gasteiger partial charge in [-0.15, -0.1) is 0 Å². The first kappa shape index (κ1) is 17.3. The van der Waals surface area contributed by atoms with Crippen molar-refractivity contribution >= 4 is 40.8 Å². The molecule has 134 valence electrons. The number of carbonyl (C=O) groups excluding carboxylic acids is 2. The fourth-order valence-electron chi connectivity index (χ4n) is 3.90. The van der Waals surface area contributed by atoms with Crippen LogP contribution < -0.4 is 4.90 Å². The molecular weight excluding hydrogens is 375 g/mol. The molecule has 0 aromatic heterocycles. The Kier molecular flexibility index (Phi) is 4.18. The van der Waals surface area contributed by atoms with E-state index in [0.29, 0.717) is 22.2 Å². The summed E-state index contributed by atoms with van der Waals surface area (Å²) in [5, 5.41) is 10.8. The molecule has 0 bridgehead atoms. The summed E-state index contributed by atoms with van der Waals surface area (Å²) in [7, 11) is 0. The minimum Gasteiger partial charge on any atom is -0.391 e. The van der Waals surface area contributed by atoms with Gasteiger partial charge in [0.05, 0.1) is 11.8 Å². The van der Waals surface area contributed by atoms with Crippen LogP contribution in [0.5, 0.6) is 0 Å². The number of rotatable bonds is 3. The number of nitrogens with zero attached hydrogens (tertiary/aromatic N) is 2. The van der Waals surface area contributed by atoms with Gasteiger partial charge in [0.25, 0.3) is 5.91 Å². The number of amides is 3. The zero-order valence-corrected chi connectivity index (χ0v) is 15.2. The second kappa shape index (κ2) is 6.27. The third-order valence-electron chi connectivity index (χ3n) is 4.95. The van der Waals surface area contributed by atoms with E-state index in [1.807, 2.05) is 30.3 Å². The lowest BCUT2D eigenvalue weighted by molar-refractivity contribution is -0.124. The Balaban J connectivity index is 1.77. The van der Waals surface area contributed by atoms with Crippen molar-refractivity contribution in [2.75, 3.05) is 11.4 Å². The number of anilines is 1. The molecule has 2 atom stereocenters. The van der Waals surface area contributed by atoms with Crippen molar-refractivity contribution in [2.45, 2.75) is 24.5 Å². The number of aliphatic hydroxyl groups is 1. The highest BCUT2D eigenvalue weighted by atomic mass is 35.5. The number of halogens is 2. The molecule has 4 rings (SSSR count). The van der Waals surface area contributed by atoms with Crippen molar-refractivity contribution in [3.8, 4) is 0 Å². The maximum absolute atomic E-state index is 13.4. The number of fused-ring (bicyclic) bond motifs is 1. The summed E-state index contributed by atoms with van der Waals surface area (Å²) in [5.41, 5.74) is 0.180. The van der Waals surface area contributed by atoms with Crippen molar-refractivity contribution in [3.05, 3.63) is 64.1 Å². The van der Waals surface area contributed by atoms with Crippen LogP contribution in [0.3, 0.4) is 0 Å². The number of urea groups is 1. The van der Waals surface area contributed by atoms with E-state index in [1.165, 1.54) is 17.0 Å². The van der Waals surface area contributed by atoms with Crippen LogP contribution in [0.2, 0.25) is 10.0 Å². The molecular formula is C19H16Cl2N2O3. The Bertz CT molecular complexity index is 869. The van der Waals surface area contributed by atoms with Gasteiger partial charge in [-0.05, 0) is 23.8 Å². The van der Waals surface area contributed by atoms with E-state index < -0.39 is 17.7 Å². The zero-order valence-electron chi connectivity index (χ0n) is 13.7. The molecule has 7 heteroatoms. The van der Waals surface area contributed by atoms with Crippen LogP contribution in [0, 0.1) is 0 Å². The average Bonchev–Trinajstić information content (AvgIpc) is 3.00. The second-order valence-electron chi connectivity index (χ2n) is 6.71. The molecule has 2 heterocycles. The third-order valence-corrected chi connectivity index (χ3v) is 5.39. The molecule has 1 N–H and O–H groups in total. The molecule has 2 aliphatic heterocycles. The minimum atomic E-state index is -1.09. The van der Waals surface area contributed by atoms with Crippen LogP contribution in [-0.2, 0) is 11.2 Å². The van der Waals surface area contributed by atoms with Gasteiger partial charge < -0.3 is 10.0 Å². The summed E-state index contributed by atoms with van der Waals surface area (Å²) < 4.78 is 0. The Labute approximate surface area is 160 Å². The number of hydrogen-bond donors (Lipinski definition) is 1. The highest BCUT2D eigenvalue weighted by Gasteiger charge is 2.62. The van der Waals surface area contributed by atoms with E-state index in [9.17, 15) is 14.7 Å². The fraction of sp³-hybridized carbons (Fsp3) is 0.263. The summed E-state index contributed by atoms with van der Waals surface area (Å²) in [6, 6.07) is 13.7. The molecule has 2 fully saturated rings. The third kappa shape index (κ3) is 2.67. The van der Waals surface area contributed by atoms with E-state index >= 15 is 0 Å². The molecule has 3 amide bonds. The molecule has 2 aromatic rings. The number of carbonyl (C=O) groups is 2. The summed E-state index contributed by atoms with van der Waals surface area (Å²) in [6.45, 7) is 0.127. The number of aliphatic hydroxyl groups excluding tert-OH is 1. The van der Waals surface area contributed by atoms with Gasteiger partial charge in [-0.2, -0.15) is 0 Å². The van der Waals surface area contributed by atoms with Crippen LogP contribution in [0.1, 0.15) is 12.0 Å². The van der Waals surface area contributed by atoms with Gasteiger partial charge in [0.1, 0.15) is 5.54 Å². The topological polar surface area (TPSA) is 60.9 Å². The maximum Gasteiger partial charge on any atom is 0.332 e. The first-order chi connectivity index (χ1) is 12.4. The van der Waals surface area contributed by atoms with E-state index in [4.69, 9.17) is 23.2 Å². The normalized spacial score (nSPS) is 25.1. The lowest BCUT2D eigenvalue weighted by atomic mass is 9.87. The SMILES string of the molecule is O=C1N(c2cc(Cl)cc(Cl)c2)C(=O)[C@@]2(Cc3ccccc3)C[C@@H](O)CN12. The smallest absolute Gasteiger partial charge is 0.332 e. The molecule has 2 saturated heterocycles. The van der Waals surface area contributed by atoms with Gasteiger partial charge in [-0.25, -0.2) is 9.69 Å². The van der Waals surface area contributed by atoms with E-state index in [0.717, 1.165) is 10.5 Å². The molecule has 0 radical (unpaired) electrons. The van der Waals surface area contributed by atoms with Gasteiger partial charge in [0.15, 0.2) is 0 Å². The number of hydrogen-bond acceptors (Lipinski definition) is 3. The minimum absolute atomic E-state index is 0.127. The van der Waals surface area contributed by atoms with Gasteiger partial charge >= 0.3 is 6.03 Å². The summed E-state index contributed by atoms with van der Waals surface area (Å²) in [5.74, 6) is -0.360. The first-order valence-electron chi connectivity index (χ1n) is 8.25. The molecule has 2 aromatic carbocycles. The summed E-state index contributed by atoms with van der Waals surface area (Å²) in [4.78, 5) is 28.9. The van der Waals surface area contributed by atoms with Crippen LogP contribution in [0.15, 0.2) is 48.5 Å². The van der Waals surface area contributed by atoms with Crippen molar-refractivity contribution < 1.29 is 14.7 Å². The molecule has 26 heavy (non-hydrogen) atoms. The number of benzene rings is 2. The highest BCUT2D eigenvalue weighted by Crippen LogP contribution is 2.43. The van der Waals surface area contributed by atoms with Crippen molar-refractivity contribution in [1.82, 2.24) is 4.90 Å². The van der Waals surface area contributed by atoms with Crippen LogP contribution in [0.25, 0.3) is 0 Å². The Morgan fingerprint density at radius 3 is 2.38 bits per heavy atom. The van der Waals surface area contributed by atoms with Gasteiger partial charge in [-0.1, -0.05) is 53.5 Å². The number of imide groups is 1. The fourth-order valence-corrected chi connectivity index (χ4v) is 4.42. The summed E-state index contributed by atoms with van der Waals surface area (Å²) in [6.07, 6.45) is -0.172. The Hall–Kier alpha value is -2.08. The van der Waals surface area contributed by atoms with Crippen molar-refractivity contribution in [1.29, 1.82) is 0 Å². The number of β-amino-alcohol motifs (C(OH)–C–C–N with tert-alkyl or cyclic N) is 1. The highest BCUT2D eigenvalue weighted by molar-refractivity contribution is 6.35. The average molecular weight is 391 g/mol.